The molecule has 0 fully saturated rings. The third kappa shape index (κ3) is 3.46. The SMILES string of the molecule is COc1cc2c(cc1NC(=O)COc1ccc(F)cc1Cl)oc1ccccc12. The summed E-state index contributed by atoms with van der Waals surface area (Å²) in [5.74, 6) is -0.190. The second-order valence-electron chi connectivity index (χ2n) is 6.06. The lowest BCUT2D eigenvalue weighted by atomic mass is 10.1. The zero-order valence-corrected chi connectivity index (χ0v) is 15.5. The first-order valence-corrected chi connectivity index (χ1v) is 8.80. The van der Waals surface area contributed by atoms with Crippen molar-refractivity contribution in [1.29, 1.82) is 0 Å². The second-order valence-corrected chi connectivity index (χ2v) is 6.47. The van der Waals surface area contributed by atoms with Crippen LogP contribution in [0.3, 0.4) is 0 Å². The highest BCUT2D eigenvalue weighted by Crippen LogP contribution is 2.36. The van der Waals surface area contributed by atoms with Crippen LogP contribution in [0.1, 0.15) is 0 Å². The topological polar surface area (TPSA) is 60.7 Å². The second kappa shape index (κ2) is 7.40. The van der Waals surface area contributed by atoms with Gasteiger partial charge in [-0.3, -0.25) is 4.79 Å². The number of fused-ring (bicyclic) bond motifs is 3. The van der Waals surface area contributed by atoms with Gasteiger partial charge in [0.2, 0.25) is 0 Å². The van der Waals surface area contributed by atoms with Gasteiger partial charge in [-0.1, -0.05) is 29.8 Å². The number of carbonyl (C=O) groups excluding carboxylic acids is 1. The third-order valence-electron chi connectivity index (χ3n) is 4.23. The highest BCUT2D eigenvalue weighted by atomic mass is 35.5. The highest BCUT2D eigenvalue weighted by molar-refractivity contribution is 6.32. The Kier molecular flexibility index (Phi) is 4.79. The zero-order valence-electron chi connectivity index (χ0n) is 14.8. The largest absolute Gasteiger partial charge is 0.495 e. The first-order chi connectivity index (χ1) is 13.5. The summed E-state index contributed by atoms with van der Waals surface area (Å²) in [5, 5.41) is 4.67. The molecule has 0 unspecified atom stereocenters. The number of anilines is 1. The number of para-hydroxylation sites is 1. The molecule has 142 valence electrons. The lowest BCUT2D eigenvalue weighted by Gasteiger charge is -2.11. The van der Waals surface area contributed by atoms with Crippen molar-refractivity contribution in [2.75, 3.05) is 19.0 Å². The molecule has 1 N–H and O–H groups in total. The van der Waals surface area contributed by atoms with Crippen LogP contribution in [0.2, 0.25) is 5.02 Å². The Bertz CT molecular complexity index is 1190. The number of rotatable bonds is 5. The summed E-state index contributed by atoms with van der Waals surface area (Å²) in [6, 6.07) is 14.9. The van der Waals surface area contributed by atoms with Crippen LogP contribution < -0.4 is 14.8 Å². The molecule has 7 heteroatoms. The molecule has 4 aromatic rings. The van der Waals surface area contributed by atoms with E-state index >= 15 is 0 Å². The maximum absolute atomic E-state index is 13.1. The van der Waals surface area contributed by atoms with Gasteiger partial charge < -0.3 is 19.2 Å². The van der Waals surface area contributed by atoms with Crippen LogP contribution in [-0.4, -0.2) is 19.6 Å². The Hall–Kier alpha value is -3.25. The summed E-state index contributed by atoms with van der Waals surface area (Å²) < 4.78 is 29.7. The molecule has 1 heterocycles. The quantitative estimate of drug-likeness (QED) is 0.487. The number of nitrogens with one attached hydrogen (secondary N) is 1. The molecule has 5 nitrogen and oxygen atoms in total. The van der Waals surface area contributed by atoms with Crippen molar-refractivity contribution < 1.29 is 23.1 Å². The standard InChI is InChI=1S/C21H15ClFNO4/c1-26-20-9-14-13-4-2-3-5-17(13)28-19(14)10-16(20)24-21(25)11-27-18-7-6-12(23)8-15(18)22/h2-10H,11H2,1H3,(H,24,25). The Labute approximate surface area is 164 Å². The van der Waals surface area contributed by atoms with Crippen LogP contribution in [0, 0.1) is 5.82 Å². The van der Waals surface area contributed by atoms with Gasteiger partial charge in [-0.05, 0) is 30.3 Å². The van der Waals surface area contributed by atoms with E-state index in [0.29, 0.717) is 17.0 Å². The van der Waals surface area contributed by atoms with Crippen LogP contribution in [-0.2, 0) is 4.79 Å². The van der Waals surface area contributed by atoms with Crippen molar-refractivity contribution in [3.8, 4) is 11.5 Å². The first-order valence-electron chi connectivity index (χ1n) is 8.42. The number of benzene rings is 3. The molecule has 1 amide bonds. The molecule has 0 radical (unpaired) electrons. The summed E-state index contributed by atoms with van der Waals surface area (Å²) in [6.45, 7) is -0.299. The lowest BCUT2D eigenvalue weighted by Crippen LogP contribution is -2.20. The Morgan fingerprint density at radius 3 is 2.68 bits per heavy atom. The predicted octanol–water partition coefficient (Wildman–Crippen LogP) is 5.40. The van der Waals surface area contributed by atoms with Crippen LogP contribution in [0.15, 0.2) is 59.0 Å². The number of hydrogen-bond donors (Lipinski definition) is 1. The molecule has 0 saturated heterocycles. The first kappa shape index (κ1) is 18.1. The number of amides is 1. The van der Waals surface area contributed by atoms with Gasteiger partial charge in [0.1, 0.15) is 28.5 Å². The molecule has 0 aliphatic rings. The van der Waals surface area contributed by atoms with Crippen molar-refractivity contribution in [2.24, 2.45) is 0 Å². The molecule has 0 saturated carbocycles. The number of carbonyl (C=O) groups is 1. The van der Waals surface area contributed by atoms with Crippen LogP contribution in [0.4, 0.5) is 10.1 Å². The molecule has 0 atom stereocenters. The smallest absolute Gasteiger partial charge is 0.262 e. The van der Waals surface area contributed by atoms with Gasteiger partial charge in [0.05, 0.1) is 17.8 Å². The van der Waals surface area contributed by atoms with Gasteiger partial charge in [-0.25, -0.2) is 4.39 Å². The molecular formula is C21H15ClFNO4. The van der Waals surface area contributed by atoms with Gasteiger partial charge >= 0.3 is 0 Å². The number of hydrogen-bond acceptors (Lipinski definition) is 4. The van der Waals surface area contributed by atoms with Crippen molar-refractivity contribution in [2.45, 2.75) is 0 Å². The van der Waals surface area contributed by atoms with Gasteiger partial charge in [0.15, 0.2) is 6.61 Å². The monoisotopic (exact) mass is 399 g/mol. The van der Waals surface area contributed by atoms with E-state index in [9.17, 15) is 9.18 Å². The van der Waals surface area contributed by atoms with Crippen LogP contribution >= 0.6 is 11.6 Å². The highest BCUT2D eigenvalue weighted by Gasteiger charge is 2.15. The number of furan rings is 1. The van der Waals surface area contributed by atoms with Crippen LogP contribution in [0.5, 0.6) is 11.5 Å². The van der Waals surface area contributed by atoms with E-state index in [1.54, 1.807) is 6.07 Å². The molecule has 0 aliphatic heterocycles. The van der Waals surface area contributed by atoms with Gasteiger partial charge in [-0.2, -0.15) is 0 Å². The van der Waals surface area contributed by atoms with E-state index < -0.39 is 11.7 Å². The summed E-state index contributed by atoms with van der Waals surface area (Å²) in [4.78, 5) is 12.3. The summed E-state index contributed by atoms with van der Waals surface area (Å²) >= 11 is 5.90. The summed E-state index contributed by atoms with van der Waals surface area (Å²) in [7, 11) is 1.52. The maximum Gasteiger partial charge on any atom is 0.262 e. The molecule has 0 bridgehead atoms. The number of methoxy groups -OCH3 is 1. The Morgan fingerprint density at radius 1 is 1.07 bits per heavy atom. The van der Waals surface area contributed by atoms with E-state index in [4.69, 9.17) is 25.5 Å². The third-order valence-corrected chi connectivity index (χ3v) is 4.52. The minimum Gasteiger partial charge on any atom is -0.495 e. The Balaban J connectivity index is 1.56. The Morgan fingerprint density at radius 2 is 1.89 bits per heavy atom. The van der Waals surface area contributed by atoms with E-state index in [-0.39, 0.29) is 17.4 Å². The summed E-state index contributed by atoms with van der Waals surface area (Å²) in [6.07, 6.45) is 0. The van der Waals surface area contributed by atoms with Gasteiger partial charge in [0.25, 0.3) is 5.91 Å². The fourth-order valence-electron chi connectivity index (χ4n) is 2.94. The molecule has 0 aliphatic carbocycles. The molecule has 28 heavy (non-hydrogen) atoms. The summed E-state index contributed by atoms with van der Waals surface area (Å²) in [5.41, 5.74) is 1.82. The average Bonchev–Trinajstić information content (AvgIpc) is 3.04. The zero-order chi connectivity index (χ0) is 19.7. The normalized spacial score (nSPS) is 11.0. The maximum atomic E-state index is 13.1. The van der Waals surface area contributed by atoms with E-state index in [0.717, 1.165) is 22.4 Å². The molecule has 0 spiro atoms. The van der Waals surface area contributed by atoms with Crippen LogP contribution in [0.25, 0.3) is 21.9 Å². The van der Waals surface area contributed by atoms with Gasteiger partial charge in [-0.15, -0.1) is 0 Å². The minimum atomic E-state index is -0.481. The van der Waals surface area contributed by atoms with Crippen molar-refractivity contribution in [3.05, 3.63) is 65.4 Å². The lowest BCUT2D eigenvalue weighted by molar-refractivity contribution is -0.118. The van der Waals surface area contributed by atoms with Crippen molar-refractivity contribution in [1.82, 2.24) is 0 Å². The number of halogens is 2. The van der Waals surface area contributed by atoms with E-state index in [1.807, 2.05) is 30.3 Å². The van der Waals surface area contributed by atoms with Crippen molar-refractivity contribution in [3.63, 3.8) is 0 Å². The number of ether oxygens (including phenoxy) is 2. The van der Waals surface area contributed by atoms with Gasteiger partial charge in [0, 0.05) is 16.8 Å². The predicted molar refractivity (Wildman–Crippen MR) is 106 cm³/mol. The average molecular weight is 400 g/mol. The van der Waals surface area contributed by atoms with Crippen molar-refractivity contribution >= 4 is 45.1 Å². The molecule has 1 aromatic heterocycles. The van der Waals surface area contributed by atoms with E-state index in [2.05, 4.69) is 5.32 Å². The minimum absolute atomic E-state index is 0.0917. The van der Waals surface area contributed by atoms with E-state index in [1.165, 1.54) is 19.2 Å². The fourth-order valence-corrected chi connectivity index (χ4v) is 3.16. The fraction of sp³-hybridized carbons (Fsp3) is 0.0952. The molecule has 4 rings (SSSR count). The molecule has 3 aromatic carbocycles. The molecular weight excluding hydrogens is 385 g/mol.